The zero-order chi connectivity index (χ0) is 12.1. The van der Waals surface area contributed by atoms with Crippen molar-refractivity contribution < 1.29 is 9.53 Å². The molecule has 0 aliphatic heterocycles. The predicted molar refractivity (Wildman–Crippen MR) is 66.2 cm³/mol. The molecule has 0 spiro atoms. The molecule has 0 fully saturated rings. The Labute approximate surface area is 100 Å². The van der Waals surface area contributed by atoms with Gasteiger partial charge in [-0.05, 0) is 27.7 Å². The Balaban J connectivity index is 2.81. The first-order valence-corrected chi connectivity index (χ1v) is 6.37. The number of rotatable bonds is 5. The Kier molecular flexibility index (Phi) is 4.73. The normalized spacial score (nSPS) is 10.6. The minimum Gasteiger partial charge on any atom is -0.461 e. The van der Waals surface area contributed by atoms with E-state index in [1.807, 2.05) is 0 Å². The van der Waals surface area contributed by atoms with E-state index < -0.39 is 0 Å². The van der Waals surface area contributed by atoms with Gasteiger partial charge in [0.15, 0.2) is 10.8 Å². The summed E-state index contributed by atoms with van der Waals surface area (Å²) in [6.07, 6.45) is 0. The molecular formula is C11H18N2O2S. The van der Waals surface area contributed by atoms with E-state index in [1.54, 1.807) is 12.3 Å². The summed E-state index contributed by atoms with van der Waals surface area (Å²) in [5, 5.41) is 2.62. The third-order valence-corrected chi connectivity index (χ3v) is 3.06. The summed E-state index contributed by atoms with van der Waals surface area (Å²) in [4.78, 5) is 17.9. The molecule has 0 aromatic carbocycles. The van der Waals surface area contributed by atoms with Gasteiger partial charge in [0.1, 0.15) is 0 Å². The fourth-order valence-electron chi connectivity index (χ4n) is 1.42. The number of hydrogen-bond acceptors (Lipinski definition) is 5. The molecule has 1 heterocycles. The van der Waals surface area contributed by atoms with Gasteiger partial charge in [-0.15, -0.1) is 11.3 Å². The average Bonchev–Trinajstić information content (AvgIpc) is 2.68. The highest BCUT2D eigenvalue weighted by Crippen LogP contribution is 2.22. The highest BCUT2D eigenvalue weighted by atomic mass is 32.1. The van der Waals surface area contributed by atoms with E-state index in [9.17, 15) is 4.79 Å². The highest BCUT2D eigenvalue weighted by Gasteiger charge is 2.16. The fraction of sp³-hybridized carbons (Fsp3) is 0.636. The Hall–Kier alpha value is -1.10. The summed E-state index contributed by atoms with van der Waals surface area (Å²) >= 11 is 1.48. The summed E-state index contributed by atoms with van der Waals surface area (Å²) in [7, 11) is 0. The molecule has 0 saturated heterocycles. The number of ether oxygens (including phenoxy) is 1. The summed E-state index contributed by atoms with van der Waals surface area (Å²) < 4.78 is 4.90. The molecule has 1 aromatic rings. The number of carbonyl (C=O) groups excluding carboxylic acids is 1. The van der Waals surface area contributed by atoms with Crippen LogP contribution in [0, 0.1) is 0 Å². The van der Waals surface area contributed by atoms with Crippen molar-refractivity contribution in [1.82, 2.24) is 4.98 Å². The summed E-state index contributed by atoms with van der Waals surface area (Å²) in [5.41, 5.74) is 0.404. The van der Waals surface area contributed by atoms with E-state index in [0.29, 0.717) is 18.3 Å². The van der Waals surface area contributed by atoms with Gasteiger partial charge in [0, 0.05) is 18.0 Å². The van der Waals surface area contributed by atoms with Crippen LogP contribution in [0.1, 0.15) is 38.2 Å². The number of thiazole rings is 1. The Morgan fingerprint density at radius 2 is 2.25 bits per heavy atom. The first-order valence-electron chi connectivity index (χ1n) is 5.49. The molecule has 0 aliphatic rings. The Bertz CT molecular complexity index is 350. The van der Waals surface area contributed by atoms with Crippen molar-refractivity contribution in [3.05, 3.63) is 11.1 Å². The third-order valence-electron chi connectivity index (χ3n) is 2.19. The highest BCUT2D eigenvalue weighted by molar-refractivity contribution is 7.13. The molecule has 0 amide bonds. The second kappa shape index (κ2) is 5.84. The standard InChI is InChI=1S/C11H18N2O2S/c1-5-13(8(3)4)11-12-9(7-16-11)10(14)15-6-2/h7-8H,5-6H2,1-4H3. The Morgan fingerprint density at radius 3 is 2.75 bits per heavy atom. The topological polar surface area (TPSA) is 42.4 Å². The molecule has 0 unspecified atom stereocenters. The van der Waals surface area contributed by atoms with E-state index in [4.69, 9.17) is 4.74 Å². The number of aromatic nitrogens is 1. The molecule has 0 radical (unpaired) electrons. The zero-order valence-electron chi connectivity index (χ0n) is 10.2. The Morgan fingerprint density at radius 1 is 1.56 bits per heavy atom. The summed E-state index contributed by atoms with van der Waals surface area (Å²) in [6.45, 7) is 9.34. The van der Waals surface area contributed by atoms with Crippen LogP contribution in [-0.2, 0) is 4.74 Å². The van der Waals surface area contributed by atoms with Gasteiger partial charge >= 0.3 is 5.97 Å². The second-order valence-electron chi connectivity index (χ2n) is 3.62. The molecule has 0 atom stereocenters. The van der Waals surface area contributed by atoms with Gasteiger partial charge in [-0.2, -0.15) is 0 Å². The molecule has 1 aromatic heterocycles. The van der Waals surface area contributed by atoms with Gasteiger partial charge in [0.05, 0.1) is 6.61 Å². The molecule has 0 saturated carbocycles. The number of hydrogen-bond donors (Lipinski definition) is 0. The van der Waals surface area contributed by atoms with E-state index in [-0.39, 0.29) is 5.97 Å². The number of carbonyl (C=O) groups is 1. The minimum absolute atomic E-state index is 0.343. The quantitative estimate of drug-likeness (QED) is 0.744. The van der Waals surface area contributed by atoms with Crippen LogP contribution in [0.15, 0.2) is 5.38 Å². The SMILES string of the molecule is CCOC(=O)c1csc(N(CC)C(C)C)n1. The van der Waals surface area contributed by atoms with E-state index >= 15 is 0 Å². The van der Waals surface area contributed by atoms with Gasteiger partial charge < -0.3 is 9.64 Å². The van der Waals surface area contributed by atoms with Gasteiger partial charge in [0.25, 0.3) is 0 Å². The van der Waals surface area contributed by atoms with Crippen LogP contribution in [0.25, 0.3) is 0 Å². The van der Waals surface area contributed by atoms with Crippen LogP contribution < -0.4 is 4.90 Å². The van der Waals surface area contributed by atoms with Crippen molar-refractivity contribution in [1.29, 1.82) is 0 Å². The molecule has 90 valence electrons. The number of nitrogens with zero attached hydrogens (tertiary/aromatic N) is 2. The maximum absolute atomic E-state index is 11.4. The second-order valence-corrected chi connectivity index (χ2v) is 4.45. The maximum atomic E-state index is 11.4. The molecule has 4 nitrogen and oxygen atoms in total. The smallest absolute Gasteiger partial charge is 0.357 e. The first kappa shape index (κ1) is 13.0. The molecule has 0 N–H and O–H groups in total. The third kappa shape index (κ3) is 2.95. The molecule has 1 rings (SSSR count). The lowest BCUT2D eigenvalue weighted by Crippen LogP contribution is -2.30. The largest absolute Gasteiger partial charge is 0.461 e. The number of esters is 1. The van der Waals surface area contributed by atoms with Crippen molar-refractivity contribution in [2.24, 2.45) is 0 Å². The zero-order valence-corrected chi connectivity index (χ0v) is 11.0. The van der Waals surface area contributed by atoms with Gasteiger partial charge in [-0.1, -0.05) is 0 Å². The van der Waals surface area contributed by atoms with E-state index in [2.05, 4.69) is 30.7 Å². The molecule has 0 aliphatic carbocycles. The fourth-order valence-corrected chi connectivity index (χ4v) is 2.41. The van der Waals surface area contributed by atoms with Crippen molar-refractivity contribution in [3.63, 3.8) is 0 Å². The van der Waals surface area contributed by atoms with Crippen molar-refractivity contribution in [2.75, 3.05) is 18.1 Å². The first-order chi connectivity index (χ1) is 7.60. The van der Waals surface area contributed by atoms with E-state index in [1.165, 1.54) is 11.3 Å². The van der Waals surface area contributed by atoms with Crippen LogP contribution >= 0.6 is 11.3 Å². The van der Waals surface area contributed by atoms with Crippen molar-refractivity contribution in [2.45, 2.75) is 33.7 Å². The average molecular weight is 242 g/mol. The predicted octanol–water partition coefficient (Wildman–Crippen LogP) is 2.55. The lowest BCUT2D eigenvalue weighted by Gasteiger charge is -2.23. The van der Waals surface area contributed by atoms with Gasteiger partial charge in [-0.25, -0.2) is 9.78 Å². The number of anilines is 1. The molecule has 5 heteroatoms. The summed E-state index contributed by atoms with van der Waals surface area (Å²) in [5.74, 6) is -0.343. The maximum Gasteiger partial charge on any atom is 0.357 e. The van der Waals surface area contributed by atoms with Crippen LogP contribution in [0.4, 0.5) is 5.13 Å². The molecule has 16 heavy (non-hydrogen) atoms. The molecular weight excluding hydrogens is 224 g/mol. The van der Waals surface area contributed by atoms with E-state index in [0.717, 1.165) is 11.7 Å². The lowest BCUT2D eigenvalue weighted by molar-refractivity contribution is 0.0520. The van der Waals surface area contributed by atoms with Crippen molar-refractivity contribution in [3.8, 4) is 0 Å². The minimum atomic E-state index is -0.343. The van der Waals surface area contributed by atoms with Crippen molar-refractivity contribution >= 4 is 22.4 Å². The van der Waals surface area contributed by atoms with Crippen LogP contribution in [-0.4, -0.2) is 30.1 Å². The lowest BCUT2D eigenvalue weighted by atomic mass is 10.3. The monoisotopic (exact) mass is 242 g/mol. The van der Waals surface area contributed by atoms with Crippen LogP contribution in [0.2, 0.25) is 0 Å². The van der Waals surface area contributed by atoms with Gasteiger partial charge in [0.2, 0.25) is 0 Å². The molecule has 0 bridgehead atoms. The van der Waals surface area contributed by atoms with Crippen LogP contribution in [0.5, 0.6) is 0 Å². The van der Waals surface area contributed by atoms with Crippen LogP contribution in [0.3, 0.4) is 0 Å². The van der Waals surface area contributed by atoms with Gasteiger partial charge in [-0.3, -0.25) is 0 Å². The summed E-state index contributed by atoms with van der Waals surface area (Å²) in [6, 6.07) is 0.381.